The summed E-state index contributed by atoms with van der Waals surface area (Å²) in [5.41, 5.74) is 1.62. The van der Waals surface area contributed by atoms with Crippen molar-refractivity contribution in [1.82, 2.24) is 9.55 Å². The molecule has 0 aliphatic carbocycles. The van der Waals surface area contributed by atoms with Crippen LogP contribution in [0.15, 0.2) is 67.3 Å². The van der Waals surface area contributed by atoms with Crippen molar-refractivity contribution in [2.24, 2.45) is 0 Å². The van der Waals surface area contributed by atoms with E-state index in [1.54, 1.807) is 24.7 Å². The third-order valence-corrected chi connectivity index (χ3v) is 6.28. The maximum absolute atomic E-state index is 13.1. The summed E-state index contributed by atoms with van der Waals surface area (Å²) in [5.74, 6) is -0.257. The van der Waals surface area contributed by atoms with Crippen molar-refractivity contribution in [2.45, 2.75) is 17.2 Å². The van der Waals surface area contributed by atoms with E-state index in [-0.39, 0.29) is 16.6 Å². The SMILES string of the molecule is Fc1ccc(CC(=S)SC(c2ccc(Cl)cc2)C(Cl)n2ccnc2)cc1. The zero-order chi connectivity index (χ0) is 18.5. The van der Waals surface area contributed by atoms with Crippen LogP contribution in [0, 0.1) is 5.82 Å². The number of hydrogen-bond donors (Lipinski definition) is 0. The number of benzene rings is 2. The molecule has 0 aliphatic heterocycles. The van der Waals surface area contributed by atoms with Gasteiger partial charge in [-0.2, -0.15) is 0 Å². The van der Waals surface area contributed by atoms with Crippen LogP contribution in [0.2, 0.25) is 5.02 Å². The third-order valence-electron chi connectivity index (χ3n) is 3.78. The largest absolute Gasteiger partial charge is 0.319 e. The van der Waals surface area contributed by atoms with Crippen molar-refractivity contribution < 1.29 is 4.39 Å². The van der Waals surface area contributed by atoms with Crippen LogP contribution in [0.1, 0.15) is 21.9 Å². The first-order chi connectivity index (χ1) is 12.5. The highest BCUT2D eigenvalue weighted by Gasteiger charge is 2.25. The minimum Gasteiger partial charge on any atom is -0.319 e. The van der Waals surface area contributed by atoms with Gasteiger partial charge in [0.15, 0.2) is 0 Å². The Morgan fingerprint density at radius 1 is 1.15 bits per heavy atom. The Balaban J connectivity index is 1.79. The van der Waals surface area contributed by atoms with Crippen LogP contribution in [0.3, 0.4) is 0 Å². The third kappa shape index (κ3) is 5.07. The van der Waals surface area contributed by atoms with E-state index in [1.165, 1.54) is 23.9 Å². The van der Waals surface area contributed by atoms with Crippen LogP contribution in [-0.2, 0) is 6.42 Å². The fourth-order valence-corrected chi connectivity index (χ4v) is 4.56. The minimum absolute atomic E-state index is 0.115. The van der Waals surface area contributed by atoms with Gasteiger partial charge in [-0.05, 0) is 35.4 Å². The van der Waals surface area contributed by atoms with Gasteiger partial charge >= 0.3 is 0 Å². The standard InChI is InChI=1S/C19H15Cl2FN2S2/c20-15-5-3-14(4-6-15)18(19(21)24-10-9-23-12-24)26-17(25)11-13-1-7-16(22)8-2-13/h1-10,12,18-19H,11H2. The van der Waals surface area contributed by atoms with Crippen LogP contribution in [0.25, 0.3) is 0 Å². The molecule has 0 saturated heterocycles. The number of imidazole rings is 1. The molecule has 1 heterocycles. The summed E-state index contributed by atoms with van der Waals surface area (Å²) in [5, 5.41) is 0.552. The summed E-state index contributed by atoms with van der Waals surface area (Å²) < 4.78 is 15.7. The zero-order valence-corrected chi connectivity index (χ0v) is 16.7. The van der Waals surface area contributed by atoms with E-state index in [2.05, 4.69) is 4.98 Å². The molecule has 3 rings (SSSR count). The Morgan fingerprint density at radius 3 is 2.46 bits per heavy atom. The molecule has 26 heavy (non-hydrogen) atoms. The van der Waals surface area contributed by atoms with Crippen molar-refractivity contribution >= 4 is 51.4 Å². The Hall–Kier alpha value is -1.40. The lowest BCUT2D eigenvalue weighted by molar-refractivity contribution is 0.627. The van der Waals surface area contributed by atoms with Crippen molar-refractivity contribution in [3.05, 3.63) is 89.2 Å². The summed E-state index contributed by atoms with van der Waals surface area (Å²) in [7, 11) is 0. The molecule has 0 bridgehead atoms. The number of rotatable bonds is 6. The van der Waals surface area contributed by atoms with Gasteiger partial charge in [0, 0.05) is 23.8 Å². The van der Waals surface area contributed by atoms with E-state index >= 15 is 0 Å². The summed E-state index contributed by atoms with van der Waals surface area (Å²) in [6.45, 7) is 0. The van der Waals surface area contributed by atoms with E-state index in [1.807, 2.05) is 35.0 Å². The van der Waals surface area contributed by atoms with Crippen LogP contribution in [0.5, 0.6) is 0 Å². The van der Waals surface area contributed by atoms with Crippen molar-refractivity contribution in [3.8, 4) is 0 Å². The highest BCUT2D eigenvalue weighted by atomic mass is 35.5. The number of aromatic nitrogens is 2. The Kier molecular flexibility index (Phi) is 6.70. The molecule has 1 aromatic heterocycles. The van der Waals surface area contributed by atoms with Crippen molar-refractivity contribution in [2.75, 3.05) is 0 Å². The van der Waals surface area contributed by atoms with E-state index in [0.29, 0.717) is 11.4 Å². The lowest BCUT2D eigenvalue weighted by Crippen LogP contribution is -2.12. The normalized spacial score (nSPS) is 13.3. The second kappa shape index (κ2) is 9.00. The predicted octanol–water partition coefficient (Wildman–Crippen LogP) is 6.46. The Bertz CT molecular complexity index is 852. The van der Waals surface area contributed by atoms with Gasteiger partial charge in [0.25, 0.3) is 0 Å². The van der Waals surface area contributed by atoms with E-state index in [0.717, 1.165) is 15.3 Å². The molecular weight excluding hydrogens is 410 g/mol. The van der Waals surface area contributed by atoms with Gasteiger partial charge < -0.3 is 4.57 Å². The van der Waals surface area contributed by atoms with Crippen molar-refractivity contribution in [3.63, 3.8) is 0 Å². The van der Waals surface area contributed by atoms with E-state index < -0.39 is 0 Å². The van der Waals surface area contributed by atoms with E-state index in [9.17, 15) is 4.39 Å². The summed E-state index contributed by atoms with van der Waals surface area (Å²) in [4.78, 5) is 4.07. The molecule has 0 fully saturated rings. The lowest BCUT2D eigenvalue weighted by atomic mass is 10.1. The topological polar surface area (TPSA) is 17.8 Å². The molecule has 2 nitrogen and oxygen atoms in total. The maximum atomic E-state index is 13.1. The first-order valence-electron chi connectivity index (χ1n) is 7.84. The number of hydrogen-bond acceptors (Lipinski definition) is 3. The molecule has 2 atom stereocenters. The fraction of sp³-hybridized carbons (Fsp3) is 0.158. The van der Waals surface area contributed by atoms with E-state index in [4.69, 9.17) is 35.4 Å². The first kappa shape index (κ1) is 19.4. The molecule has 3 aromatic rings. The van der Waals surface area contributed by atoms with Gasteiger partial charge in [-0.15, -0.1) is 11.8 Å². The number of thiocarbonyl (C=S) groups is 1. The monoisotopic (exact) mass is 424 g/mol. The Labute approximate surface area is 171 Å². The number of alkyl halides is 1. The number of halogens is 3. The van der Waals surface area contributed by atoms with Crippen LogP contribution in [-0.4, -0.2) is 13.7 Å². The molecule has 2 unspecified atom stereocenters. The van der Waals surface area contributed by atoms with Gasteiger partial charge in [-0.3, -0.25) is 0 Å². The molecule has 0 saturated carbocycles. The van der Waals surface area contributed by atoms with Crippen molar-refractivity contribution in [1.29, 1.82) is 0 Å². The summed E-state index contributed by atoms with van der Waals surface area (Å²) in [6.07, 6.45) is 5.77. The number of thioether (sulfide) groups is 1. The molecule has 0 spiro atoms. The highest BCUT2D eigenvalue weighted by Crippen LogP contribution is 2.42. The zero-order valence-electron chi connectivity index (χ0n) is 13.6. The molecule has 0 aliphatic rings. The molecular formula is C19H15Cl2FN2S2. The fourth-order valence-electron chi connectivity index (χ4n) is 2.46. The van der Waals surface area contributed by atoms with Gasteiger partial charge in [0.2, 0.25) is 0 Å². The summed E-state index contributed by atoms with van der Waals surface area (Å²) >= 11 is 19.8. The smallest absolute Gasteiger partial charge is 0.125 e. The lowest BCUT2D eigenvalue weighted by Gasteiger charge is -2.23. The highest BCUT2D eigenvalue weighted by molar-refractivity contribution is 8.23. The molecule has 0 amide bonds. The van der Waals surface area contributed by atoms with Gasteiger partial charge in [0.05, 0.1) is 15.8 Å². The average Bonchev–Trinajstić information content (AvgIpc) is 3.17. The summed E-state index contributed by atoms with van der Waals surface area (Å²) in [6, 6.07) is 13.9. The average molecular weight is 425 g/mol. The second-order valence-corrected chi connectivity index (χ2v) is 8.52. The van der Waals surface area contributed by atoms with Gasteiger partial charge in [-0.1, -0.05) is 59.7 Å². The Morgan fingerprint density at radius 2 is 1.85 bits per heavy atom. The van der Waals surface area contributed by atoms with Crippen LogP contribution in [0.4, 0.5) is 4.39 Å². The molecule has 134 valence electrons. The van der Waals surface area contributed by atoms with Gasteiger partial charge in [0.1, 0.15) is 11.3 Å². The molecule has 7 heteroatoms. The number of nitrogens with zero attached hydrogens (tertiary/aromatic N) is 2. The van der Waals surface area contributed by atoms with Gasteiger partial charge in [-0.25, -0.2) is 9.37 Å². The minimum atomic E-state index is -0.366. The molecule has 0 radical (unpaired) electrons. The van der Waals surface area contributed by atoms with Crippen LogP contribution < -0.4 is 0 Å². The first-order valence-corrected chi connectivity index (χ1v) is 9.94. The maximum Gasteiger partial charge on any atom is 0.125 e. The predicted molar refractivity (Wildman–Crippen MR) is 112 cm³/mol. The van der Waals surface area contributed by atoms with Crippen LogP contribution >= 0.6 is 47.2 Å². The quantitative estimate of drug-likeness (QED) is 0.334. The second-order valence-electron chi connectivity index (χ2n) is 5.65. The molecule has 2 aromatic carbocycles. The molecule has 0 N–H and O–H groups in total.